The zero-order chi connectivity index (χ0) is 13.6. The molecule has 0 bridgehead atoms. The third kappa shape index (κ3) is 2.16. The summed E-state index contributed by atoms with van der Waals surface area (Å²) >= 11 is 3.86. The highest BCUT2D eigenvalue weighted by Crippen LogP contribution is 2.38. The molecule has 100 valence electrons. The van der Waals surface area contributed by atoms with Crippen LogP contribution < -0.4 is 0 Å². The standard InChI is InChI=1S/C17H19BrO/c1-10-11(2)19-12(3)16(10)17(18)15-8-7-13-5-4-6-14(13)9-15/h7-9,17H,4-6H2,1-3H3. The Kier molecular flexibility index (Phi) is 3.30. The lowest BCUT2D eigenvalue weighted by molar-refractivity contribution is 0.500. The van der Waals surface area contributed by atoms with Crippen molar-refractivity contribution >= 4 is 15.9 Å². The normalized spacial score (nSPS) is 15.6. The Hall–Kier alpha value is -1.02. The topological polar surface area (TPSA) is 13.1 Å². The van der Waals surface area contributed by atoms with Crippen molar-refractivity contribution in [2.75, 3.05) is 0 Å². The Morgan fingerprint density at radius 3 is 2.47 bits per heavy atom. The van der Waals surface area contributed by atoms with E-state index in [1.807, 2.05) is 6.92 Å². The molecule has 1 heterocycles. The third-order valence-electron chi connectivity index (χ3n) is 4.29. The van der Waals surface area contributed by atoms with Crippen molar-refractivity contribution in [3.63, 3.8) is 0 Å². The molecule has 1 aliphatic carbocycles. The van der Waals surface area contributed by atoms with Crippen LogP contribution in [0.25, 0.3) is 0 Å². The Bertz CT molecular complexity index is 624. The first-order valence-electron chi connectivity index (χ1n) is 6.90. The van der Waals surface area contributed by atoms with Crippen LogP contribution in [0.1, 0.15) is 50.6 Å². The fraction of sp³-hybridized carbons (Fsp3) is 0.412. The SMILES string of the molecule is Cc1oc(C)c(C(Br)c2ccc3c(c2)CCC3)c1C. The molecule has 1 aliphatic rings. The quantitative estimate of drug-likeness (QED) is 0.695. The third-order valence-corrected chi connectivity index (χ3v) is 5.27. The number of hydrogen-bond acceptors (Lipinski definition) is 1. The molecule has 1 atom stereocenters. The number of hydrogen-bond donors (Lipinski definition) is 0. The Morgan fingerprint density at radius 1 is 1.05 bits per heavy atom. The van der Waals surface area contributed by atoms with Gasteiger partial charge in [0.25, 0.3) is 0 Å². The van der Waals surface area contributed by atoms with Crippen LogP contribution in [0.5, 0.6) is 0 Å². The van der Waals surface area contributed by atoms with Gasteiger partial charge in [-0.25, -0.2) is 0 Å². The van der Waals surface area contributed by atoms with Crippen molar-refractivity contribution in [3.8, 4) is 0 Å². The van der Waals surface area contributed by atoms with Crippen molar-refractivity contribution in [1.29, 1.82) is 0 Å². The second-order valence-corrected chi connectivity index (χ2v) is 6.41. The number of halogens is 1. The monoisotopic (exact) mass is 318 g/mol. The molecule has 2 heteroatoms. The molecule has 19 heavy (non-hydrogen) atoms. The van der Waals surface area contributed by atoms with Crippen LogP contribution in [-0.2, 0) is 12.8 Å². The number of alkyl halides is 1. The Morgan fingerprint density at radius 2 is 1.79 bits per heavy atom. The van der Waals surface area contributed by atoms with E-state index >= 15 is 0 Å². The summed E-state index contributed by atoms with van der Waals surface area (Å²) in [7, 11) is 0. The molecule has 0 amide bonds. The van der Waals surface area contributed by atoms with Crippen molar-refractivity contribution in [2.24, 2.45) is 0 Å². The van der Waals surface area contributed by atoms with E-state index in [0.717, 1.165) is 11.5 Å². The summed E-state index contributed by atoms with van der Waals surface area (Å²) in [5.74, 6) is 2.05. The van der Waals surface area contributed by atoms with E-state index in [-0.39, 0.29) is 4.83 Å². The van der Waals surface area contributed by atoms with Gasteiger partial charge in [-0.1, -0.05) is 34.1 Å². The van der Waals surface area contributed by atoms with E-state index in [9.17, 15) is 0 Å². The van der Waals surface area contributed by atoms with E-state index in [2.05, 4.69) is 48.0 Å². The summed E-state index contributed by atoms with van der Waals surface area (Å²) in [6.07, 6.45) is 3.77. The van der Waals surface area contributed by atoms with E-state index in [1.165, 1.54) is 47.1 Å². The average Bonchev–Trinajstić information content (AvgIpc) is 2.94. The summed E-state index contributed by atoms with van der Waals surface area (Å²) in [4.78, 5) is 0.232. The molecule has 1 unspecified atom stereocenters. The highest BCUT2D eigenvalue weighted by molar-refractivity contribution is 9.09. The van der Waals surface area contributed by atoms with Gasteiger partial charge in [0.1, 0.15) is 11.5 Å². The summed E-state index contributed by atoms with van der Waals surface area (Å²) < 4.78 is 5.75. The molecule has 0 saturated carbocycles. The first kappa shape index (κ1) is 13.0. The summed E-state index contributed by atoms with van der Waals surface area (Å²) in [5, 5.41) is 0. The van der Waals surface area contributed by atoms with Gasteiger partial charge < -0.3 is 4.42 Å². The molecule has 1 aromatic heterocycles. The minimum absolute atomic E-state index is 0.232. The Balaban J connectivity index is 2.02. The lowest BCUT2D eigenvalue weighted by Gasteiger charge is -2.13. The maximum absolute atomic E-state index is 5.75. The van der Waals surface area contributed by atoms with Gasteiger partial charge >= 0.3 is 0 Å². The molecule has 3 rings (SSSR count). The van der Waals surface area contributed by atoms with E-state index in [0.29, 0.717) is 0 Å². The van der Waals surface area contributed by atoms with E-state index in [4.69, 9.17) is 4.42 Å². The largest absolute Gasteiger partial charge is 0.466 e. The van der Waals surface area contributed by atoms with Gasteiger partial charge in [0.15, 0.2) is 0 Å². The lowest BCUT2D eigenvalue weighted by atomic mass is 9.98. The first-order valence-corrected chi connectivity index (χ1v) is 7.81. The summed E-state index contributed by atoms with van der Waals surface area (Å²) in [6.45, 7) is 6.23. The molecule has 0 aliphatic heterocycles. The number of fused-ring (bicyclic) bond motifs is 1. The summed E-state index contributed by atoms with van der Waals surface area (Å²) in [6, 6.07) is 6.91. The van der Waals surface area contributed by atoms with Crippen LogP contribution in [0.3, 0.4) is 0 Å². The number of furan rings is 1. The molecule has 2 aromatic rings. The van der Waals surface area contributed by atoms with Gasteiger partial charge in [-0.2, -0.15) is 0 Å². The van der Waals surface area contributed by atoms with Gasteiger partial charge in [-0.15, -0.1) is 0 Å². The smallest absolute Gasteiger partial charge is 0.106 e. The fourth-order valence-corrected chi connectivity index (χ4v) is 4.05. The maximum atomic E-state index is 5.75. The number of aryl methyl sites for hydroxylation is 4. The molecule has 0 N–H and O–H groups in total. The Labute approximate surface area is 123 Å². The van der Waals surface area contributed by atoms with Crippen LogP contribution in [0.4, 0.5) is 0 Å². The van der Waals surface area contributed by atoms with Crippen LogP contribution >= 0.6 is 15.9 Å². The number of benzene rings is 1. The predicted molar refractivity (Wildman–Crippen MR) is 82.2 cm³/mol. The predicted octanol–water partition coefficient (Wildman–Crippen LogP) is 5.18. The molecule has 1 aromatic carbocycles. The van der Waals surface area contributed by atoms with Gasteiger partial charge in [0, 0.05) is 5.56 Å². The molecule has 0 spiro atoms. The average molecular weight is 319 g/mol. The highest BCUT2D eigenvalue weighted by Gasteiger charge is 2.21. The highest BCUT2D eigenvalue weighted by atomic mass is 79.9. The van der Waals surface area contributed by atoms with Crippen molar-refractivity contribution in [3.05, 3.63) is 57.5 Å². The van der Waals surface area contributed by atoms with Gasteiger partial charge in [0.05, 0.1) is 4.83 Å². The van der Waals surface area contributed by atoms with Gasteiger partial charge in [0.2, 0.25) is 0 Å². The zero-order valence-corrected chi connectivity index (χ0v) is 13.3. The van der Waals surface area contributed by atoms with Crippen LogP contribution in [0, 0.1) is 20.8 Å². The van der Waals surface area contributed by atoms with Crippen molar-refractivity contribution < 1.29 is 4.42 Å². The van der Waals surface area contributed by atoms with Crippen LogP contribution in [0.15, 0.2) is 22.6 Å². The fourth-order valence-electron chi connectivity index (χ4n) is 3.10. The van der Waals surface area contributed by atoms with Gasteiger partial charge in [-0.3, -0.25) is 0 Å². The first-order chi connectivity index (χ1) is 9.08. The molecule has 1 nitrogen and oxygen atoms in total. The molecule has 0 fully saturated rings. The van der Waals surface area contributed by atoms with Crippen molar-refractivity contribution in [2.45, 2.75) is 44.9 Å². The molecular formula is C17H19BrO. The minimum Gasteiger partial charge on any atom is -0.466 e. The molecule has 0 saturated heterocycles. The van der Waals surface area contributed by atoms with E-state index < -0.39 is 0 Å². The minimum atomic E-state index is 0.232. The van der Waals surface area contributed by atoms with E-state index in [1.54, 1.807) is 0 Å². The molecule has 0 radical (unpaired) electrons. The molecular weight excluding hydrogens is 300 g/mol. The second kappa shape index (κ2) is 4.82. The zero-order valence-electron chi connectivity index (χ0n) is 11.7. The van der Waals surface area contributed by atoms with Crippen molar-refractivity contribution in [1.82, 2.24) is 0 Å². The van der Waals surface area contributed by atoms with Crippen LogP contribution in [0.2, 0.25) is 0 Å². The maximum Gasteiger partial charge on any atom is 0.106 e. The van der Waals surface area contributed by atoms with Gasteiger partial charge in [-0.05, 0) is 62.3 Å². The lowest BCUT2D eigenvalue weighted by Crippen LogP contribution is -1.97. The summed E-state index contributed by atoms with van der Waals surface area (Å²) in [5.41, 5.74) is 6.95. The number of rotatable bonds is 2. The van der Waals surface area contributed by atoms with Crippen LogP contribution in [-0.4, -0.2) is 0 Å². The second-order valence-electron chi connectivity index (χ2n) is 5.50.